The quantitative estimate of drug-likeness (QED) is 0.860. The Morgan fingerprint density at radius 3 is 2.54 bits per heavy atom. The number of rotatable bonds is 4. The molecule has 0 saturated carbocycles. The molecule has 8 heteroatoms. The molecule has 0 unspecified atom stereocenters. The van der Waals surface area contributed by atoms with Gasteiger partial charge >= 0.3 is 0 Å². The van der Waals surface area contributed by atoms with Crippen LogP contribution in [0.25, 0.3) is 0 Å². The number of anilines is 1. The van der Waals surface area contributed by atoms with Crippen molar-refractivity contribution in [2.24, 2.45) is 0 Å². The molecule has 2 aromatic carbocycles. The van der Waals surface area contributed by atoms with Gasteiger partial charge in [-0.3, -0.25) is 4.79 Å². The molecule has 1 heterocycles. The van der Waals surface area contributed by atoms with Crippen LogP contribution in [0, 0.1) is 0 Å². The lowest BCUT2D eigenvalue weighted by molar-refractivity contribution is -0.115. The molecule has 0 spiro atoms. The van der Waals surface area contributed by atoms with E-state index in [1.807, 2.05) is 0 Å². The number of ether oxygens (including phenoxy) is 2. The summed E-state index contributed by atoms with van der Waals surface area (Å²) in [7, 11) is -3.27. The Bertz CT molecular complexity index is 925. The number of amides is 1. The fraction of sp³-hybridized carbons (Fsp3) is 0.278. The van der Waals surface area contributed by atoms with E-state index in [4.69, 9.17) is 21.1 Å². The van der Waals surface area contributed by atoms with Crippen molar-refractivity contribution < 1.29 is 22.7 Å². The van der Waals surface area contributed by atoms with E-state index in [9.17, 15) is 13.2 Å². The Labute approximate surface area is 157 Å². The van der Waals surface area contributed by atoms with Gasteiger partial charge in [-0.1, -0.05) is 11.6 Å². The average molecular weight is 396 g/mol. The van der Waals surface area contributed by atoms with Crippen LogP contribution in [0.5, 0.6) is 11.5 Å². The monoisotopic (exact) mass is 395 g/mol. The van der Waals surface area contributed by atoms with Crippen LogP contribution in [0.15, 0.2) is 41.3 Å². The van der Waals surface area contributed by atoms with Crippen LogP contribution in [0.1, 0.15) is 12.0 Å². The van der Waals surface area contributed by atoms with Crippen molar-refractivity contribution in [2.45, 2.75) is 17.7 Å². The summed E-state index contributed by atoms with van der Waals surface area (Å²) in [4.78, 5) is 12.5. The number of halogens is 1. The highest BCUT2D eigenvalue weighted by Gasteiger charge is 2.17. The number of carbonyl (C=O) groups excluding carboxylic acids is 1. The summed E-state index contributed by atoms with van der Waals surface area (Å²) in [6, 6.07) is 9.44. The number of sulfone groups is 1. The van der Waals surface area contributed by atoms with Crippen molar-refractivity contribution >= 4 is 33.0 Å². The molecule has 1 amide bonds. The maximum absolute atomic E-state index is 12.3. The van der Waals surface area contributed by atoms with Crippen molar-refractivity contribution in [1.82, 2.24) is 0 Å². The summed E-state index contributed by atoms with van der Waals surface area (Å²) in [5, 5.41) is 3.14. The molecule has 0 radical (unpaired) electrons. The van der Waals surface area contributed by atoms with Crippen LogP contribution in [-0.2, 0) is 21.1 Å². The normalized spacial score (nSPS) is 13.8. The van der Waals surface area contributed by atoms with E-state index < -0.39 is 9.84 Å². The molecule has 0 atom stereocenters. The highest BCUT2D eigenvalue weighted by molar-refractivity contribution is 7.90. The van der Waals surface area contributed by atoms with Gasteiger partial charge in [0.2, 0.25) is 5.91 Å². The standard InChI is InChI=1S/C18H18ClNO5S/c1-26(22,23)14-5-3-13(4-6-14)20-17(21)11-12-9-15(19)18-16(10-12)24-7-2-8-25-18/h3-6,9-10H,2,7-8,11H2,1H3,(H,20,21). The minimum absolute atomic E-state index is 0.101. The van der Waals surface area contributed by atoms with E-state index in [1.54, 1.807) is 24.3 Å². The Hall–Kier alpha value is -2.25. The average Bonchev–Trinajstić information content (AvgIpc) is 2.80. The molecule has 1 N–H and O–H groups in total. The molecule has 1 aliphatic rings. The predicted molar refractivity (Wildman–Crippen MR) is 98.9 cm³/mol. The highest BCUT2D eigenvalue weighted by Crippen LogP contribution is 2.38. The Balaban J connectivity index is 1.70. The molecule has 0 aromatic heterocycles. The molecule has 0 bridgehead atoms. The first-order valence-electron chi connectivity index (χ1n) is 8.01. The smallest absolute Gasteiger partial charge is 0.228 e. The predicted octanol–water partition coefficient (Wildman–Crippen LogP) is 3.09. The summed E-state index contributed by atoms with van der Waals surface area (Å²) in [5.41, 5.74) is 1.22. The minimum Gasteiger partial charge on any atom is -0.489 e. The van der Waals surface area contributed by atoms with E-state index >= 15 is 0 Å². The van der Waals surface area contributed by atoms with Crippen LogP contribution in [0.2, 0.25) is 5.02 Å². The van der Waals surface area contributed by atoms with Gasteiger partial charge in [0.05, 0.1) is 29.6 Å². The lowest BCUT2D eigenvalue weighted by Gasteiger charge is -2.12. The number of benzene rings is 2. The first-order chi connectivity index (χ1) is 12.3. The third-order valence-corrected chi connectivity index (χ3v) is 5.20. The zero-order valence-corrected chi connectivity index (χ0v) is 15.7. The van der Waals surface area contributed by atoms with Crippen molar-refractivity contribution in [1.29, 1.82) is 0 Å². The Kier molecular flexibility index (Phi) is 5.38. The fourth-order valence-corrected chi connectivity index (χ4v) is 3.48. The molecular weight excluding hydrogens is 378 g/mol. The molecule has 0 saturated heterocycles. The van der Waals surface area contributed by atoms with Gasteiger partial charge in [0.15, 0.2) is 21.3 Å². The van der Waals surface area contributed by atoms with Crippen molar-refractivity contribution in [3.63, 3.8) is 0 Å². The van der Waals surface area contributed by atoms with Crippen LogP contribution in [-0.4, -0.2) is 33.8 Å². The van der Waals surface area contributed by atoms with Gasteiger partial charge in [0.25, 0.3) is 0 Å². The van der Waals surface area contributed by atoms with Gasteiger partial charge in [-0.25, -0.2) is 8.42 Å². The SMILES string of the molecule is CS(=O)(=O)c1ccc(NC(=O)Cc2cc(Cl)c3c(c2)OCCCO3)cc1. The highest BCUT2D eigenvalue weighted by atomic mass is 35.5. The maximum atomic E-state index is 12.3. The van der Waals surface area contributed by atoms with Gasteiger partial charge in [-0.05, 0) is 42.0 Å². The topological polar surface area (TPSA) is 81.7 Å². The summed E-state index contributed by atoms with van der Waals surface area (Å²) in [6.07, 6.45) is 2.00. The van der Waals surface area contributed by atoms with Crippen molar-refractivity contribution in [3.8, 4) is 11.5 Å². The van der Waals surface area contributed by atoms with Crippen molar-refractivity contribution in [3.05, 3.63) is 47.0 Å². The van der Waals surface area contributed by atoms with E-state index in [1.165, 1.54) is 12.1 Å². The van der Waals surface area contributed by atoms with Crippen LogP contribution in [0.4, 0.5) is 5.69 Å². The van der Waals surface area contributed by atoms with Gasteiger partial charge in [0.1, 0.15) is 0 Å². The molecule has 1 aliphatic heterocycles. The van der Waals surface area contributed by atoms with E-state index in [-0.39, 0.29) is 17.2 Å². The largest absolute Gasteiger partial charge is 0.489 e. The zero-order valence-electron chi connectivity index (χ0n) is 14.1. The second-order valence-electron chi connectivity index (χ2n) is 5.98. The number of nitrogens with one attached hydrogen (secondary N) is 1. The molecule has 26 heavy (non-hydrogen) atoms. The Morgan fingerprint density at radius 2 is 1.85 bits per heavy atom. The molecule has 138 valence electrons. The molecule has 2 aromatic rings. The molecule has 0 fully saturated rings. The molecule has 6 nitrogen and oxygen atoms in total. The number of carbonyl (C=O) groups is 1. The van der Waals surface area contributed by atoms with Crippen molar-refractivity contribution in [2.75, 3.05) is 24.8 Å². The van der Waals surface area contributed by atoms with E-state index in [0.29, 0.717) is 41.0 Å². The van der Waals surface area contributed by atoms with E-state index in [2.05, 4.69) is 5.32 Å². The number of hydrogen-bond acceptors (Lipinski definition) is 5. The molecule has 0 aliphatic carbocycles. The van der Waals surface area contributed by atoms with Crippen LogP contribution < -0.4 is 14.8 Å². The number of fused-ring (bicyclic) bond motifs is 1. The third-order valence-electron chi connectivity index (χ3n) is 3.79. The lowest BCUT2D eigenvalue weighted by atomic mass is 10.1. The van der Waals surface area contributed by atoms with Gasteiger partial charge in [-0.2, -0.15) is 0 Å². The second kappa shape index (κ2) is 7.55. The van der Waals surface area contributed by atoms with Gasteiger partial charge in [-0.15, -0.1) is 0 Å². The molecular formula is C18H18ClNO5S. The van der Waals surface area contributed by atoms with Gasteiger partial charge in [0, 0.05) is 18.4 Å². The second-order valence-corrected chi connectivity index (χ2v) is 8.40. The minimum atomic E-state index is -3.27. The molecule has 3 rings (SSSR count). The zero-order chi connectivity index (χ0) is 18.7. The lowest BCUT2D eigenvalue weighted by Crippen LogP contribution is -2.14. The summed E-state index contributed by atoms with van der Waals surface area (Å²) in [5.74, 6) is 0.794. The maximum Gasteiger partial charge on any atom is 0.228 e. The van der Waals surface area contributed by atoms with Crippen LogP contribution >= 0.6 is 11.6 Å². The Morgan fingerprint density at radius 1 is 1.15 bits per heavy atom. The first kappa shape index (κ1) is 18.5. The fourth-order valence-electron chi connectivity index (χ4n) is 2.56. The summed E-state index contributed by atoms with van der Waals surface area (Å²) in [6.45, 7) is 1.07. The van der Waals surface area contributed by atoms with Gasteiger partial charge < -0.3 is 14.8 Å². The van der Waals surface area contributed by atoms with Crippen LogP contribution in [0.3, 0.4) is 0 Å². The number of hydrogen-bond donors (Lipinski definition) is 1. The van der Waals surface area contributed by atoms with E-state index in [0.717, 1.165) is 12.7 Å². The summed E-state index contributed by atoms with van der Waals surface area (Å²) >= 11 is 6.23. The first-order valence-corrected chi connectivity index (χ1v) is 10.3. The third kappa shape index (κ3) is 4.47. The summed E-state index contributed by atoms with van der Waals surface area (Å²) < 4.78 is 34.1.